The Kier molecular flexibility index (Phi) is 5.24. The van der Waals surface area contributed by atoms with Crippen molar-refractivity contribution in [1.29, 1.82) is 0 Å². The van der Waals surface area contributed by atoms with Crippen molar-refractivity contribution in [2.24, 2.45) is 0 Å². The molecule has 0 aliphatic rings. The van der Waals surface area contributed by atoms with Crippen molar-refractivity contribution in [3.63, 3.8) is 0 Å². The van der Waals surface area contributed by atoms with Crippen LogP contribution in [-0.2, 0) is 6.54 Å². The van der Waals surface area contributed by atoms with Crippen LogP contribution >= 0.6 is 0 Å². The van der Waals surface area contributed by atoms with Crippen LogP contribution < -0.4 is 24.3 Å². The summed E-state index contributed by atoms with van der Waals surface area (Å²) in [5.41, 5.74) is 0.965. The Hall–Kier alpha value is -2.70. The van der Waals surface area contributed by atoms with Gasteiger partial charge in [0.25, 0.3) is 0 Å². The van der Waals surface area contributed by atoms with Gasteiger partial charge >= 0.3 is 0 Å². The van der Waals surface area contributed by atoms with Crippen LogP contribution in [0.1, 0.15) is 5.56 Å². The van der Waals surface area contributed by atoms with E-state index in [2.05, 4.69) is 15.3 Å². The number of nitrogens with zero attached hydrogens (tertiary/aromatic N) is 2. The van der Waals surface area contributed by atoms with Crippen LogP contribution in [0.4, 0.5) is 5.82 Å². The Morgan fingerprint density at radius 2 is 1.55 bits per heavy atom. The van der Waals surface area contributed by atoms with Gasteiger partial charge in [-0.2, -0.15) is 0 Å². The van der Waals surface area contributed by atoms with Crippen LogP contribution in [0.15, 0.2) is 24.5 Å². The molecule has 1 heterocycles. The van der Waals surface area contributed by atoms with E-state index in [0.717, 1.165) is 5.56 Å². The number of ether oxygens (including phenoxy) is 4. The van der Waals surface area contributed by atoms with E-state index >= 15 is 0 Å². The number of nitrogens with one attached hydrogen (secondary N) is 1. The average molecular weight is 305 g/mol. The zero-order valence-corrected chi connectivity index (χ0v) is 13.0. The molecule has 1 aromatic heterocycles. The molecule has 0 spiro atoms. The molecule has 118 valence electrons. The lowest BCUT2D eigenvalue weighted by molar-refractivity contribution is 0.324. The topological polar surface area (TPSA) is 74.7 Å². The second-order valence-corrected chi connectivity index (χ2v) is 4.33. The van der Waals surface area contributed by atoms with Crippen LogP contribution in [-0.4, -0.2) is 38.4 Å². The highest BCUT2D eigenvalue weighted by molar-refractivity contribution is 5.54. The third-order valence-electron chi connectivity index (χ3n) is 3.05. The van der Waals surface area contributed by atoms with Gasteiger partial charge in [-0.25, -0.2) is 9.97 Å². The molecule has 7 heteroatoms. The van der Waals surface area contributed by atoms with Crippen molar-refractivity contribution in [3.8, 4) is 23.1 Å². The van der Waals surface area contributed by atoms with Gasteiger partial charge in [0.15, 0.2) is 11.5 Å². The molecule has 0 atom stereocenters. The number of rotatable bonds is 7. The summed E-state index contributed by atoms with van der Waals surface area (Å²) in [6.45, 7) is 0.539. The van der Waals surface area contributed by atoms with E-state index in [-0.39, 0.29) is 0 Å². The minimum atomic E-state index is 0.502. The normalized spacial score (nSPS) is 10.0. The fourth-order valence-corrected chi connectivity index (χ4v) is 1.98. The summed E-state index contributed by atoms with van der Waals surface area (Å²) < 4.78 is 21.0. The van der Waals surface area contributed by atoms with Gasteiger partial charge in [0.1, 0.15) is 12.1 Å². The molecular formula is C15H19N3O4. The van der Waals surface area contributed by atoms with E-state index in [4.69, 9.17) is 18.9 Å². The standard InChI is InChI=1S/C15H19N3O4/c1-19-11-5-10(6-12(20-2)15(11)22-4)8-16-13-7-14(21-3)18-9-17-13/h5-7,9H,8H2,1-4H3,(H,16,17,18). The third kappa shape index (κ3) is 3.49. The number of methoxy groups -OCH3 is 4. The fourth-order valence-electron chi connectivity index (χ4n) is 1.98. The SMILES string of the molecule is COc1cc(NCc2cc(OC)c(OC)c(OC)c2)ncn1. The molecule has 0 fully saturated rings. The van der Waals surface area contributed by atoms with Gasteiger partial charge in [0.2, 0.25) is 11.6 Å². The number of hydrogen-bond donors (Lipinski definition) is 1. The van der Waals surface area contributed by atoms with Crippen molar-refractivity contribution in [2.75, 3.05) is 33.8 Å². The van der Waals surface area contributed by atoms with E-state index in [1.54, 1.807) is 34.5 Å². The van der Waals surface area contributed by atoms with Crippen molar-refractivity contribution in [2.45, 2.75) is 6.54 Å². The van der Waals surface area contributed by atoms with Crippen molar-refractivity contribution in [3.05, 3.63) is 30.1 Å². The predicted octanol–water partition coefficient (Wildman–Crippen LogP) is 2.12. The maximum Gasteiger partial charge on any atom is 0.218 e. The van der Waals surface area contributed by atoms with Crippen LogP contribution in [0.25, 0.3) is 0 Å². The quantitative estimate of drug-likeness (QED) is 0.839. The minimum Gasteiger partial charge on any atom is -0.493 e. The highest BCUT2D eigenvalue weighted by Gasteiger charge is 2.13. The van der Waals surface area contributed by atoms with E-state index in [0.29, 0.717) is 35.5 Å². The molecular weight excluding hydrogens is 286 g/mol. The molecule has 1 N–H and O–H groups in total. The largest absolute Gasteiger partial charge is 0.493 e. The van der Waals surface area contributed by atoms with Crippen molar-refractivity contribution >= 4 is 5.82 Å². The molecule has 1 aromatic carbocycles. The highest BCUT2D eigenvalue weighted by atomic mass is 16.5. The maximum absolute atomic E-state index is 5.33. The fraction of sp³-hybridized carbons (Fsp3) is 0.333. The number of aromatic nitrogens is 2. The molecule has 0 aliphatic carbocycles. The summed E-state index contributed by atoms with van der Waals surface area (Å²) in [7, 11) is 6.31. The lowest BCUT2D eigenvalue weighted by Gasteiger charge is -2.14. The van der Waals surface area contributed by atoms with Crippen LogP contribution in [0.2, 0.25) is 0 Å². The molecule has 2 rings (SSSR count). The van der Waals surface area contributed by atoms with Crippen LogP contribution in [0.5, 0.6) is 23.1 Å². The van der Waals surface area contributed by atoms with Crippen molar-refractivity contribution in [1.82, 2.24) is 9.97 Å². The lowest BCUT2D eigenvalue weighted by Crippen LogP contribution is -2.04. The Balaban J connectivity index is 2.18. The zero-order valence-electron chi connectivity index (χ0n) is 13.0. The first-order valence-electron chi connectivity index (χ1n) is 6.60. The molecule has 0 aliphatic heterocycles. The smallest absolute Gasteiger partial charge is 0.218 e. The van der Waals surface area contributed by atoms with Gasteiger partial charge in [-0.1, -0.05) is 0 Å². The van der Waals surface area contributed by atoms with Gasteiger partial charge in [0.05, 0.1) is 28.4 Å². The molecule has 0 bridgehead atoms. The lowest BCUT2D eigenvalue weighted by atomic mass is 10.1. The molecule has 2 aromatic rings. The number of anilines is 1. The van der Waals surface area contributed by atoms with Crippen LogP contribution in [0.3, 0.4) is 0 Å². The first-order chi connectivity index (χ1) is 10.7. The van der Waals surface area contributed by atoms with Gasteiger partial charge in [-0.15, -0.1) is 0 Å². The van der Waals surface area contributed by atoms with Crippen molar-refractivity contribution < 1.29 is 18.9 Å². The summed E-state index contributed by atoms with van der Waals surface area (Å²) in [4.78, 5) is 8.09. The van der Waals surface area contributed by atoms with E-state index in [1.807, 2.05) is 12.1 Å². The zero-order chi connectivity index (χ0) is 15.9. The molecule has 0 amide bonds. The molecule has 0 saturated heterocycles. The third-order valence-corrected chi connectivity index (χ3v) is 3.05. The summed E-state index contributed by atoms with van der Waals surface area (Å²) >= 11 is 0. The Bertz CT molecular complexity index is 609. The molecule has 0 unspecified atom stereocenters. The number of hydrogen-bond acceptors (Lipinski definition) is 7. The molecule has 22 heavy (non-hydrogen) atoms. The second kappa shape index (κ2) is 7.35. The van der Waals surface area contributed by atoms with Gasteiger partial charge in [-0.3, -0.25) is 0 Å². The Labute approximate surface area is 129 Å². The average Bonchev–Trinajstić information content (AvgIpc) is 2.58. The maximum atomic E-state index is 5.33. The summed E-state index contributed by atoms with van der Waals surface area (Å²) in [5.74, 6) is 2.96. The van der Waals surface area contributed by atoms with Gasteiger partial charge in [-0.05, 0) is 17.7 Å². The first-order valence-corrected chi connectivity index (χ1v) is 6.60. The minimum absolute atomic E-state index is 0.502. The Morgan fingerprint density at radius 3 is 2.09 bits per heavy atom. The monoisotopic (exact) mass is 305 g/mol. The van der Waals surface area contributed by atoms with E-state index < -0.39 is 0 Å². The Morgan fingerprint density at radius 1 is 0.864 bits per heavy atom. The van der Waals surface area contributed by atoms with Gasteiger partial charge in [0, 0.05) is 12.6 Å². The van der Waals surface area contributed by atoms with Gasteiger partial charge < -0.3 is 24.3 Å². The molecule has 0 saturated carbocycles. The highest BCUT2D eigenvalue weighted by Crippen LogP contribution is 2.38. The first kappa shape index (κ1) is 15.7. The molecule has 7 nitrogen and oxygen atoms in total. The summed E-state index contributed by atoms with van der Waals surface area (Å²) in [6, 6.07) is 5.48. The summed E-state index contributed by atoms with van der Waals surface area (Å²) in [6.07, 6.45) is 1.44. The van der Waals surface area contributed by atoms with E-state index in [9.17, 15) is 0 Å². The van der Waals surface area contributed by atoms with Crippen LogP contribution in [0, 0.1) is 0 Å². The van der Waals surface area contributed by atoms with E-state index in [1.165, 1.54) is 6.33 Å². The molecule has 0 radical (unpaired) electrons. The predicted molar refractivity (Wildman–Crippen MR) is 82.0 cm³/mol. The summed E-state index contributed by atoms with van der Waals surface area (Å²) in [5, 5.41) is 3.19. The second-order valence-electron chi connectivity index (χ2n) is 4.33. The number of benzene rings is 1.